The molecule has 0 aliphatic rings. The summed E-state index contributed by atoms with van der Waals surface area (Å²) in [5.74, 6) is -0.763. The Morgan fingerprint density at radius 3 is 2.38 bits per heavy atom. The lowest BCUT2D eigenvalue weighted by atomic mass is 10.1. The van der Waals surface area contributed by atoms with Gasteiger partial charge in [0.25, 0.3) is 20.9 Å². The number of halogens is 1. The van der Waals surface area contributed by atoms with Crippen LogP contribution in [0.25, 0.3) is 0 Å². The number of nitrogens with one attached hydrogen (secondary N) is 2. The Balaban J connectivity index is 2.48. The first kappa shape index (κ1) is 23.1. The number of hydrogen-bond donors (Lipinski definition) is 4. The second kappa shape index (κ2) is 8.28. The molecule has 0 saturated heterocycles. The van der Waals surface area contributed by atoms with Crippen LogP contribution in [0.5, 0.6) is 5.75 Å². The van der Waals surface area contributed by atoms with Crippen LogP contribution in [0.15, 0.2) is 26.6 Å². The summed E-state index contributed by atoms with van der Waals surface area (Å²) in [5.41, 5.74) is -3.72. The molecule has 29 heavy (non-hydrogen) atoms. The van der Waals surface area contributed by atoms with Gasteiger partial charge in [-0.15, -0.1) is 0 Å². The number of rotatable bonds is 9. The maximum Gasteiger partial charge on any atom is 0.269 e. The highest BCUT2D eigenvalue weighted by Gasteiger charge is 2.32. The summed E-state index contributed by atoms with van der Waals surface area (Å²) in [6.07, 6.45) is 0.924. The number of anilines is 3. The van der Waals surface area contributed by atoms with E-state index in [0.717, 1.165) is 14.2 Å². The van der Waals surface area contributed by atoms with Gasteiger partial charge in [0, 0.05) is 7.05 Å². The average molecular weight is 448 g/mol. The number of aliphatic hydroxyl groups is 1. The SMILES string of the molecule is CCCC(C)(O)Nc1c(Nc2ccc(Cl)c(S(=O)(=O)N(C)OC)c2O)c(=O)c1=O. The van der Waals surface area contributed by atoms with Gasteiger partial charge < -0.3 is 20.8 Å². The van der Waals surface area contributed by atoms with Crippen molar-refractivity contribution in [2.24, 2.45) is 0 Å². The standard InChI is InChI=1S/C17H22ClN3O7S/c1-5-8-17(2,25)20-12-11(14(23)15(12)24)19-10-7-6-9(18)16(13(10)22)29(26,27)21(3)28-4/h6-7,19-20,22,25H,5,8H2,1-4H3. The number of sulfonamides is 1. The zero-order valence-electron chi connectivity index (χ0n) is 16.2. The molecular weight excluding hydrogens is 426 g/mol. The lowest BCUT2D eigenvalue weighted by Gasteiger charge is -2.27. The van der Waals surface area contributed by atoms with E-state index in [1.54, 1.807) is 0 Å². The molecule has 0 saturated carbocycles. The van der Waals surface area contributed by atoms with E-state index in [-0.39, 0.29) is 22.1 Å². The molecule has 0 spiro atoms. The monoisotopic (exact) mass is 447 g/mol. The van der Waals surface area contributed by atoms with Crippen LogP contribution in [-0.4, -0.2) is 43.0 Å². The van der Waals surface area contributed by atoms with Gasteiger partial charge in [0.1, 0.15) is 22.0 Å². The fourth-order valence-electron chi connectivity index (χ4n) is 2.70. The van der Waals surface area contributed by atoms with Crippen LogP contribution in [0.3, 0.4) is 0 Å². The predicted octanol–water partition coefficient (Wildman–Crippen LogP) is 1.49. The summed E-state index contributed by atoms with van der Waals surface area (Å²) < 4.78 is 25.5. The molecule has 10 nitrogen and oxygen atoms in total. The average Bonchev–Trinajstić information content (AvgIpc) is 2.64. The molecule has 12 heteroatoms. The number of phenols is 1. The fraction of sp³-hybridized carbons (Fsp3) is 0.412. The van der Waals surface area contributed by atoms with Gasteiger partial charge in [-0.25, -0.2) is 8.42 Å². The van der Waals surface area contributed by atoms with Gasteiger partial charge in [0.05, 0.1) is 17.8 Å². The van der Waals surface area contributed by atoms with Crippen molar-refractivity contribution in [3.05, 3.63) is 37.6 Å². The van der Waals surface area contributed by atoms with Crippen molar-refractivity contribution >= 4 is 38.7 Å². The Morgan fingerprint density at radius 1 is 1.24 bits per heavy atom. The zero-order chi connectivity index (χ0) is 22.1. The van der Waals surface area contributed by atoms with Crippen LogP contribution < -0.4 is 21.5 Å². The van der Waals surface area contributed by atoms with Crippen molar-refractivity contribution in [3.63, 3.8) is 0 Å². The van der Waals surface area contributed by atoms with E-state index in [1.165, 1.54) is 19.1 Å². The lowest BCUT2D eigenvalue weighted by Crippen LogP contribution is -2.43. The first-order valence-corrected chi connectivity index (χ1v) is 10.3. The highest BCUT2D eigenvalue weighted by Crippen LogP contribution is 2.40. The Hall–Kier alpha value is -2.18. The molecule has 2 rings (SSSR count). The molecule has 2 aromatic carbocycles. The maximum absolute atomic E-state index is 12.5. The smallest absolute Gasteiger partial charge is 0.269 e. The van der Waals surface area contributed by atoms with Crippen molar-refractivity contribution in [2.45, 2.75) is 37.3 Å². The summed E-state index contributed by atoms with van der Waals surface area (Å²) in [4.78, 5) is 27.9. The molecule has 0 radical (unpaired) electrons. The van der Waals surface area contributed by atoms with Crippen molar-refractivity contribution in [2.75, 3.05) is 24.8 Å². The van der Waals surface area contributed by atoms with E-state index >= 15 is 0 Å². The van der Waals surface area contributed by atoms with E-state index in [0.29, 0.717) is 17.3 Å². The van der Waals surface area contributed by atoms with Gasteiger partial charge in [-0.2, -0.15) is 0 Å². The van der Waals surface area contributed by atoms with Gasteiger partial charge in [0.2, 0.25) is 0 Å². The van der Waals surface area contributed by atoms with Crippen LogP contribution in [0.4, 0.5) is 17.1 Å². The molecule has 0 heterocycles. The number of phenolic OH excluding ortho intramolecular Hbond substituents is 1. The largest absolute Gasteiger partial charge is 0.504 e. The predicted molar refractivity (Wildman–Crippen MR) is 109 cm³/mol. The second-order valence-corrected chi connectivity index (χ2v) is 8.83. The highest BCUT2D eigenvalue weighted by molar-refractivity contribution is 7.89. The highest BCUT2D eigenvalue weighted by atomic mass is 35.5. The molecule has 2 aromatic rings. The second-order valence-electron chi connectivity index (χ2n) is 6.55. The molecule has 0 aromatic heterocycles. The Morgan fingerprint density at radius 2 is 1.83 bits per heavy atom. The van der Waals surface area contributed by atoms with E-state index in [1.807, 2.05) is 6.92 Å². The minimum Gasteiger partial charge on any atom is -0.504 e. The van der Waals surface area contributed by atoms with Crippen molar-refractivity contribution in [1.29, 1.82) is 0 Å². The molecular formula is C17H22ClN3O7S. The summed E-state index contributed by atoms with van der Waals surface area (Å²) >= 11 is 5.95. The van der Waals surface area contributed by atoms with Crippen molar-refractivity contribution in [1.82, 2.24) is 4.47 Å². The van der Waals surface area contributed by atoms with Crippen LogP contribution >= 0.6 is 11.6 Å². The quantitative estimate of drug-likeness (QED) is 0.194. The topological polar surface area (TPSA) is 145 Å². The van der Waals surface area contributed by atoms with Crippen LogP contribution in [0.2, 0.25) is 5.02 Å². The van der Waals surface area contributed by atoms with E-state index in [2.05, 4.69) is 15.5 Å². The Labute approximate surface area is 172 Å². The third-order valence-electron chi connectivity index (χ3n) is 4.24. The van der Waals surface area contributed by atoms with Crippen LogP contribution in [0.1, 0.15) is 26.7 Å². The molecule has 0 bridgehead atoms. The molecule has 0 amide bonds. The third-order valence-corrected chi connectivity index (χ3v) is 6.42. The zero-order valence-corrected chi connectivity index (χ0v) is 17.8. The Bertz CT molecular complexity index is 1090. The van der Waals surface area contributed by atoms with E-state index in [4.69, 9.17) is 11.6 Å². The number of hydroxylamine groups is 1. The number of benzene rings is 1. The molecule has 0 aliphatic heterocycles. The van der Waals surface area contributed by atoms with Gasteiger partial charge >= 0.3 is 0 Å². The molecule has 1 atom stereocenters. The van der Waals surface area contributed by atoms with Crippen molar-refractivity contribution < 1.29 is 23.5 Å². The summed E-state index contributed by atoms with van der Waals surface area (Å²) in [6.45, 7) is 3.28. The Kier molecular flexibility index (Phi) is 6.60. The lowest BCUT2D eigenvalue weighted by molar-refractivity contribution is -0.0259. The van der Waals surface area contributed by atoms with Crippen LogP contribution in [0, 0.1) is 0 Å². The maximum atomic E-state index is 12.5. The van der Waals surface area contributed by atoms with Gasteiger partial charge in [-0.05, 0) is 25.5 Å². The molecule has 160 valence electrons. The molecule has 0 fully saturated rings. The normalized spacial score (nSPS) is 14.2. The summed E-state index contributed by atoms with van der Waals surface area (Å²) in [7, 11) is -2.08. The fourth-order valence-corrected chi connectivity index (χ4v) is 4.27. The van der Waals surface area contributed by atoms with E-state index in [9.17, 15) is 28.2 Å². The van der Waals surface area contributed by atoms with Crippen LogP contribution in [-0.2, 0) is 14.9 Å². The number of aromatic hydroxyl groups is 1. The third kappa shape index (κ3) is 4.38. The summed E-state index contributed by atoms with van der Waals surface area (Å²) in [5, 5.41) is 25.6. The number of nitrogens with zero attached hydrogens (tertiary/aromatic N) is 1. The van der Waals surface area contributed by atoms with Gasteiger partial charge in [-0.1, -0.05) is 29.4 Å². The first-order valence-electron chi connectivity index (χ1n) is 8.52. The summed E-state index contributed by atoms with van der Waals surface area (Å²) in [6, 6.07) is 2.44. The molecule has 0 aliphatic carbocycles. The minimum absolute atomic E-state index is 0.166. The van der Waals surface area contributed by atoms with E-state index < -0.39 is 37.3 Å². The van der Waals surface area contributed by atoms with Gasteiger partial charge in [-0.3, -0.25) is 14.4 Å². The van der Waals surface area contributed by atoms with Gasteiger partial charge in [0.15, 0.2) is 5.75 Å². The van der Waals surface area contributed by atoms with Crippen molar-refractivity contribution in [3.8, 4) is 5.75 Å². The minimum atomic E-state index is -4.31. The molecule has 4 N–H and O–H groups in total. The first-order chi connectivity index (χ1) is 13.4. The number of hydrogen-bond acceptors (Lipinski definition) is 9. The molecule has 1 unspecified atom stereocenters.